The lowest BCUT2D eigenvalue weighted by atomic mass is 9.89. The van der Waals surface area contributed by atoms with Crippen LogP contribution in [0.1, 0.15) is 37.0 Å². The molecular weight excluding hydrogens is 262 g/mol. The molecule has 0 unspecified atom stereocenters. The Kier molecular flexibility index (Phi) is 4.83. The molecule has 1 aliphatic rings. The van der Waals surface area contributed by atoms with E-state index in [1.807, 2.05) is 13.8 Å². The maximum atomic E-state index is 12.6. The standard InChI is InChI=1S/C15H20ClNO2/c1-10(2)19-14-4-3-12(16)9-13(14)15(18)11-5-7-17-8-6-11/h3-4,9-11,17H,5-8H2,1-2H3. The SMILES string of the molecule is CC(C)Oc1ccc(Cl)cc1C(=O)C1CCNCC1. The summed E-state index contributed by atoms with van der Waals surface area (Å²) in [5.74, 6) is 0.872. The molecule has 104 valence electrons. The van der Waals surface area contributed by atoms with Crippen molar-refractivity contribution >= 4 is 17.4 Å². The minimum absolute atomic E-state index is 0.0424. The first kappa shape index (κ1) is 14.4. The molecular formula is C15H20ClNO2. The third-order valence-electron chi connectivity index (χ3n) is 3.28. The van der Waals surface area contributed by atoms with Gasteiger partial charge < -0.3 is 10.1 Å². The van der Waals surface area contributed by atoms with Gasteiger partial charge in [0, 0.05) is 10.9 Å². The van der Waals surface area contributed by atoms with Crippen molar-refractivity contribution in [1.82, 2.24) is 5.32 Å². The molecule has 1 aromatic rings. The Balaban J connectivity index is 2.25. The molecule has 2 rings (SSSR count). The van der Waals surface area contributed by atoms with Gasteiger partial charge in [0.15, 0.2) is 5.78 Å². The summed E-state index contributed by atoms with van der Waals surface area (Å²) in [6.45, 7) is 5.70. The van der Waals surface area contributed by atoms with Crippen molar-refractivity contribution in [2.45, 2.75) is 32.8 Å². The predicted octanol–water partition coefficient (Wildman–Crippen LogP) is 3.31. The molecule has 1 N–H and O–H groups in total. The molecule has 1 aromatic carbocycles. The second-order valence-electron chi connectivity index (χ2n) is 5.20. The maximum Gasteiger partial charge on any atom is 0.169 e. The monoisotopic (exact) mass is 281 g/mol. The summed E-state index contributed by atoms with van der Waals surface area (Å²) >= 11 is 6.02. The van der Waals surface area contributed by atoms with Gasteiger partial charge in [-0.1, -0.05) is 11.6 Å². The van der Waals surface area contributed by atoms with Crippen LogP contribution < -0.4 is 10.1 Å². The van der Waals surface area contributed by atoms with Gasteiger partial charge in [0.2, 0.25) is 0 Å². The molecule has 0 radical (unpaired) electrons. The van der Waals surface area contributed by atoms with Crippen molar-refractivity contribution in [3.63, 3.8) is 0 Å². The fourth-order valence-electron chi connectivity index (χ4n) is 2.36. The summed E-state index contributed by atoms with van der Waals surface area (Å²) < 4.78 is 5.72. The van der Waals surface area contributed by atoms with E-state index in [1.54, 1.807) is 18.2 Å². The number of carbonyl (C=O) groups is 1. The van der Waals surface area contributed by atoms with Gasteiger partial charge in [0.05, 0.1) is 11.7 Å². The molecule has 1 fully saturated rings. The molecule has 0 atom stereocenters. The molecule has 0 aliphatic carbocycles. The van der Waals surface area contributed by atoms with Crippen LogP contribution in [0.3, 0.4) is 0 Å². The average molecular weight is 282 g/mol. The number of ether oxygens (including phenoxy) is 1. The fraction of sp³-hybridized carbons (Fsp3) is 0.533. The van der Waals surface area contributed by atoms with E-state index in [9.17, 15) is 4.79 Å². The van der Waals surface area contributed by atoms with E-state index in [0.29, 0.717) is 16.3 Å². The fourth-order valence-corrected chi connectivity index (χ4v) is 2.53. The molecule has 1 aliphatic heterocycles. The summed E-state index contributed by atoms with van der Waals surface area (Å²) in [6.07, 6.45) is 1.81. The van der Waals surface area contributed by atoms with Crippen LogP contribution in [0.2, 0.25) is 5.02 Å². The summed E-state index contributed by atoms with van der Waals surface area (Å²) in [7, 11) is 0. The number of halogens is 1. The first-order valence-corrected chi connectivity index (χ1v) is 7.17. The Labute approximate surface area is 119 Å². The third-order valence-corrected chi connectivity index (χ3v) is 3.51. The maximum absolute atomic E-state index is 12.6. The molecule has 0 saturated carbocycles. The Morgan fingerprint density at radius 3 is 2.68 bits per heavy atom. The van der Waals surface area contributed by atoms with Gasteiger partial charge in [0.25, 0.3) is 0 Å². The first-order chi connectivity index (χ1) is 9.08. The van der Waals surface area contributed by atoms with Crippen LogP contribution in [0.25, 0.3) is 0 Å². The van der Waals surface area contributed by atoms with Gasteiger partial charge >= 0.3 is 0 Å². The number of rotatable bonds is 4. The van der Waals surface area contributed by atoms with E-state index < -0.39 is 0 Å². The zero-order chi connectivity index (χ0) is 13.8. The number of nitrogens with one attached hydrogen (secondary N) is 1. The molecule has 1 heterocycles. The molecule has 0 spiro atoms. The van der Waals surface area contributed by atoms with Crippen LogP contribution in [0.15, 0.2) is 18.2 Å². The summed E-state index contributed by atoms with van der Waals surface area (Å²) in [6, 6.07) is 5.28. The van der Waals surface area contributed by atoms with Crippen molar-refractivity contribution in [3.8, 4) is 5.75 Å². The molecule has 3 nitrogen and oxygen atoms in total. The lowest BCUT2D eigenvalue weighted by molar-refractivity contribution is 0.0889. The van der Waals surface area contributed by atoms with Crippen LogP contribution in [0.5, 0.6) is 5.75 Å². The lowest BCUT2D eigenvalue weighted by Gasteiger charge is -2.23. The van der Waals surface area contributed by atoms with Gasteiger partial charge in [-0.05, 0) is 58.0 Å². The normalized spacial score (nSPS) is 16.6. The molecule has 1 saturated heterocycles. The van der Waals surface area contributed by atoms with Crippen molar-refractivity contribution in [2.24, 2.45) is 5.92 Å². The number of benzene rings is 1. The molecule has 19 heavy (non-hydrogen) atoms. The Morgan fingerprint density at radius 1 is 1.37 bits per heavy atom. The van der Waals surface area contributed by atoms with Crippen molar-refractivity contribution < 1.29 is 9.53 Å². The zero-order valence-corrected chi connectivity index (χ0v) is 12.2. The minimum Gasteiger partial charge on any atom is -0.490 e. The Hall–Kier alpha value is -1.06. The highest BCUT2D eigenvalue weighted by molar-refractivity contribution is 6.31. The Morgan fingerprint density at radius 2 is 2.05 bits per heavy atom. The summed E-state index contributed by atoms with van der Waals surface area (Å²) in [4.78, 5) is 12.6. The second-order valence-corrected chi connectivity index (χ2v) is 5.63. The van der Waals surface area contributed by atoms with Crippen LogP contribution in [0, 0.1) is 5.92 Å². The second kappa shape index (κ2) is 6.40. The van der Waals surface area contributed by atoms with Crippen LogP contribution in [0.4, 0.5) is 0 Å². The highest BCUT2D eigenvalue weighted by atomic mass is 35.5. The minimum atomic E-state index is 0.0424. The summed E-state index contributed by atoms with van der Waals surface area (Å²) in [5, 5.41) is 3.85. The molecule has 0 bridgehead atoms. The van der Waals surface area contributed by atoms with Gasteiger partial charge in [-0.3, -0.25) is 4.79 Å². The van der Waals surface area contributed by atoms with E-state index in [1.165, 1.54) is 0 Å². The van der Waals surface area contributed by atoms with Gasteiger partial charge in [-0.15, -0.1) is 0 Å². The van der Waals surface area contributed by atoms with E-state index in [4.69, 9.17) is 16.3 Å². The number of carbonyl (C=O) groups excluding carboxylic acids is 1. The number of hydrogen-bond donors (Lipinski definition) is 1. The van der Waals surface area contributed by atoms with Crippen LogP contribution >= 0.6 is 11.6 Å². The third kappa shape index (κ3) is 3.71. The van der Waals surface area contributed by atoms with E-state index in [0.717, 1.165) is 25.9 Å². The zero-order valence-electron chi connectivity index (χ0n) is 11.4. The Bertz CT molecular complexity index is 453. The number of Topliss-reactive ketones (excluding diaryl/α,β-unsaturated/α-hetero) is 1. The molecule has 4 heteroatoms. The highest BCUT2D eigenvalue weighted by Gasteiger charge is 2.25. The van der Waals surface area contributed by atoms with E-state index in [2.05, 4.69) is 5.32 Å². The largest absolute Gasteiger partial charge is 0.490 e. The number of ketones is 1. The van der Waals surface area contributed by atoms with Crippen molar-refractivity contribution in [2.75, 3.05) is 13.1 Å². The number of hydrogen-bond acceptors (Lipinski definition) is 3. The summed E-state index contributed by atoms with van der Waals surface area (Å²) in [5.41, 5.74) is 0.619. The van der Waals surface area contributed by atoms with Gasteiger partial charge in [-0.25, -0.2) is 0 Å². The van der Waals surface area contributed by atoms with Gasteiger partial charge in [-0.2, -0.15) is 0 Å². The molecule has 0 amide bonds. The van der Waals surface area contributed by atoms with Crippen LogP contribution in [-0.2, 0) is 0 Å². The van der Waals surface area contributed by atoms with Crippen molar-refractivity contribution in [3.05, 3.63) is 28.8 Å². The lowest BCUT2D eigenvalue weighted by Crippen LogP contribution is -2.32. The van der Waals surface area contributed by atoms with Crippen molar-refractivity contribution in [1.29, 1.82) is 0 Å². The van der Waals surface area contributed by atoms with E-state index in [-0.39, 0.29) is 17.8 Å². The average Bonchev–Trinajstić information content (AvgIpc) is 2.40. The number of piperidine rings is 1. The topological polar surface area (TPSA) is 38.3 Å². The van der Waals surface area contributed by atoms with Gasteiger partial charge in [0.1, 0.15) is 5.75 Å². The molecule has 0 aromatic heterocycles. The smallest absolute Gasteiger partial charge is 0.169 e. The predicted molar refractivity (Wildman–Crippen MR) is 77.1 cm³/mol. The first-order valence-electron chi connectivity index (χ1n) is 6.79. The van der Waals surface area contributed by atoms with Crippen LogP contribution in [-0.4, -0.2) is 25.0 Å². The highest BCUT2D eigenvalue weighted by Crippen LogP contribution is 2.28. The van der Waals surface area contributed by atoms with E-state index >= 15 is 0 Å². The quantitative estimate of drug-likeness (QED) is 0.861.